The molecule has 3 aliphatic rings. The third-order valence-electron chi connectivity index (χ3n) is 7.17. The van der Waals surface area contributed by atoms with Crippen LogP contribution in [0.2, 0.25) is 0 Å². The number of aromatic nitrogens is 2. The maximum atomic E-state index is 14.1. The summed E-state index contributed by atoms with van der Waals surface area (Å²) < 4.78 is 19.2. The van der Waals surface area contributed by atoms with Gasteiger partial charge in [-0.15, -0.1) is 0 Å². The van der Waals surface area contributed by atoms with E-state index in [9.17, 15) is 9.18 Å². The first kappa shape index (κ1) is 21.1. The van der Waals surface area contributed by atoms with Gasteiger partial charge in [0.15, 0.2) is 0 Å². The standard InChI is InChI=1S/C24H30FN5O2/c1-2-32-23(31)30-16-24(17-30)7-6-19(14-24)28-9-11-29(12-10-28)21-13-18(25)15-27-22(21)20-5-3-4-8-26-20/h3-5,8,13,15,19H,2,6-7,9-12,14,16-17H2,1H3/t19-/m1/s1. The predicted molar refractivity (Wildman–Crippen MR) is 120 cm³/mol. The van der Waals surface area contributed by atoms with Gasteiger partial charge >= 0.3 is 6.09 Å². The molecule has 2 aromatic rings. The van der Waals surface area contributed by atoms with Gasteiger partial charge in [-0.1, -0.05) is 6.07 Å². The number of nitrogens with zero attached hydrogens (tertiary/aromatic N) is 5. The average molecular weight is 440 g/mol. The molecule has 32 heavy (non-hydrogen) atoms. The zero-order chi connectivity index (χ0) is 22.1. The van der Waals surface area contributed by atoms with Gasteiger partial charge in [0.25, 0.3) is 0 Å². The van der Waals surface area contributed by atoms with Crippen molar-refractivity contribution in [2.75, 3.05) is 50.8 Å². The summed E-state index contributed by atoms with van der Waals surface area (Å²) in [6.45, 7) is 7.49. The van der Waals surface area contributed by atoms with Crippen molar-refractivity contribution in [3.8, 4) is 11.4 Å². The highest BCUT2D eigenvalue weighted by Crippen LogP contribution is 2.47. The second kappa shape index (κ2) is 8.65. The lowest BCUT2D eigenvalue weighted by atomic mass is 9.78. The van der Waals surface area contributed by atoms with Crippen LogP contribution in [0.3, 0.4) is 0 Å². The molecule has 0 unspecified atom stereocenters. The Morgan fingerprint density at radius 2 is 2.03 bits per heavy atom. The van der Waals surface area contributed by atoms with Crippen LogP contribution in [0.4, 0.5) is 14.9 Å². The third-order valence-corrected chi connectivity index (χ3v) is 7.17. The van der Waals surface area contributed by atoms with Gasteiger partial charge in [-0.3, -0.25) is 9.88 Å². The summed E-state index contributed by atoms with van der Waals surface area (Å²) in [6, 6.07) is 7.84. The minimum absolute atomic E-state index is 0.178. The number of likely N-dealkylation sites (tertiary alicyclic amines) is 1. The topological polar surface area (TPSA) is 61.8 Å². The van der Waals surface area contributed by atoms with E-state index in [1.54, 1.807) is 12.3 Å². The molecule has 1 spiro atoms. The molecular weight excluding hydrogens is 409 g/mol. The SMILES string of the molecule is CCOC(=O)N1CC2(CC[C@@H](N3CCN(c4cc(F)cnc4-c4ccccn4)CC3)C2)C1. The van der Waals surface area contributed by atoms with Gasteiger partial charge in [0.1, 0.15) is 11.5 Å². The molecule has 170 valence electrons. The van der Waals surface area contributed by atoms with Gasteiger partial charge < -0.3 is 14.5 Å². The zero-order valence-electron chi connectivity index (χ0n) is 18.5. The average Bonchev–Trinajstić information content (AvgIpc) is 3.25. The lowest BCUT2D eigenvalue weighted by Gasteiger charge is -2.48. The highest BCUT2D eigenvalue weighted by molar-refractivity contribution is 5.72. The highest BCUT2D eigenvalue weighted by atomic mass is 19.1. The number of hydrogen-bond donors (Lipinski definition) is 0. The van der Waals surface area contributed by atoms with Crippen molar-refractivity contribution < 1.29 is 13.9 Å². The zero-order valence-corrected chi connectivity index (χ0v) is 18.5. The van der Waals surface area contributed by atoms with Crippen LogP contribution in [0.5, 0.6) is 0 Å². The second-order valence-electron chi connectivity index (χ2n) is 9.21. The van der Waals surface area contributed by atoms with Gasteiger partial charge in [0, 0.05) is 63.0 Å². The summed E-state index contributed by atoms with van der Waals surface area (Å²) >= 11 is 0. The molecule has 7 nitrogen and oxygen atoms in total. The lowest BCUT2D eigenvalue weighted by Crippen LogP contribution is -2.58. The predicted octanol–water partition coefficient (Wildman–Crippen LogP) is 3.42. The van der Waals surface area contributed by atoms with E-state index in [4.69, 9.17) is 4.74 Å². The molecule has 2 aliphatic heterocycles. The number of piperazine rings is 1. The number of carbonyl (C=O) groups excluding carboxylic acids is 1. The Kier molecular flexibility index (Phi) is 5.71. The molecule has 4 heterocycles. The molecule has 2 saturated heterocycles. The number of carbonyl (C=O) groups is 1. The number of ether oxygens (including phenoxy) is 1. The van der Waals surface area contributed by atoms with Crippen molar-refractivity contribution in [1.82, 2.24) is 19.8 Å². The molecule has 5 rings (SSSR count). The number of anilines is 1. The van der Waals surface area contributed by atoms with E-state index < -0.39 is 0 Å². The number of hydrogen-bond acceptors (Lipinski definition) is 6. The van der Waals surface area contributed by atoms with Crippen LogP contribution in [0.15, 0.2) is 36.7 Å². The summed E-state index contributed by atoms with van der Waals surface area (Å²) in [5, 5.41) is 0. The molecular formula is C24H30FN5O2. The molecule has 1 amide bonds. The van der Waals surface area contributed by atoms with Gasteiger partial charge in [0.05, 0.1) is 24.2 Å². The fourth-order valence-corrected chi connectivity index (χ4v) is 5.58. The van der Waals surface area contributed by atoms with Crippen LogP contribution in [0, 0.1) is 11.2 Å². The number of amides is 1. The van der Waals surface area contributed by atoms with E-state index >= 15 is 0 Å². The number of pyridine rings is 2. The summed E-state index contributed by atoms with van der Waals surface area (Å²) in [5.41, 5.74) is 2.58. The Morgan fingerprint density at radius 3 is 2.75 bits per heavy atom. The molecule has 1 aliphatic carbocycles. The maximum absolute atomic E-state index is 14.1. The molecule has 0 N–H and O–H groups in total. The van der Waals surface area contributed by atoms with Gasteiger partial charge in [-0.2, -0.15) is 0 Å². The van der Waals surface area contributed by atoms with Crippen molar-refractivity contribution in [1.29, 1.82) is 0 Å². The first-order chi connectivity index (χ1) is 15.6. The Morgan fingerprint density at radius 1 is 1.22 bits per heavy atom. The van der Waals surface area contributed by atoms with E-state index in [1.807, 2.05) is 30.0 Å². The normalized spacial score (nSPS) is 22.8. The monoisotopic (exact) mass is 439 g/mol. The quantitative estimate of drug-likeness (QED) is 0.728. The molecule has 0 radical (unpaired) electrons. The van der Waals surface area contributed by atoms with Crippen LogP contribution < -0.4 is 4.90 Å². The third kappa shape index (κ3) is 4.03. The minimum atomic E-state index is -0.323. The van der Waals surface area contributed by atoms with Gasteiger partial charge in [-0.05, 0) is 38.3 Å². The van der Waals surface area contributed by atoms with Crippen LogP contribution in [0.1, 0.15) is 26.2 Å². The van der Waals surface area contributed by atoms with Crippen LogP contribution in [-0.2, 0) is 4.74 Å². The summed E-state index contributed by atoms with van der Waals surface area (Å²) in [4.78, 5) is 27.3. The molecule has 1 saturated carbocycles. The molecule has 2 aromatic heterocycles. The summed E-state index contributed by atoms with van der Waals surface area (Å²) in [5.74, 6) is -0.323. The van der Waals surface area contributed by atoms with Crippen LogP contribution in [0.25, 0.3) is 11.4 Å². The smallest absolute Gasteiger partial charge is 0.409 e. The molecule has 0 bridgehead atoms. The van der Waals surface area contributed by atoms with E-state index in [0.29, 0.717) is 12.6 Å². The molecule has 1 atom stereocenters. The van der Waals surface area contributed by atoms with E-state index in [2.05, 4.69) is 19.8 Å². The van der Waals surface area contributed by atoms with Gasteiger partial charge in [-0.25, -0.2) is 14.2 Å². The number of rotatable bonds is 4. The summed E-state index contributed by atoms with van der Waals surface area (Å²) in [6.07, 6.45) is 6.32. The summed E-state index contributed by atoms with van der Waals surface area (Å²) in [7, 11) is 0. The molecule has 0 aromatic carbocycles. The second-order valence-corrected chi connectivity index (χ2v) is 9.21. The van der Waals surface area contributed by atoms with Crippen LogP contribution in [-0.4, -0.2) is 77.8 Å². The Hall–Kier alpha value is -2.74. The molecule has 8 heteroatoms. The first-order valence-corrected chi connectivity index (χ1v) is 11.5. The van der Waals surface area contributed by atoms with Crippen molar-refractivity contribution in [2.24, 2.45) is 5.41 Å². The van der Waals surface area contributed by atoms with Crippen molar-refractivity contribution in [3.05, 3.63) is 42.5 Å². The molecule has 3 fully saturated rings. The van der Waals surface area contributed by atoms with E-state index in [0.717, 1.165) is 62.8 Å². The highest BCUT2D eigenvalue weighted by Gasteiger charge is 2.51. The van der Waals surface area contributed by atoms with Crippen LogP contribution >= 0.6 is 0 Å². The van der Waals surface area contributed by atoms with Crippen molar-refractivity contribution in [2.45, 2.75) is 32.2 Å². The van der Waals surface area contributed by atoms with Gasteiger partial charge in [0.2, 0.25) is 0 Å². The largest absolute Gasteiger partial charge is 0.450 e. The fraction of sp³-hybridized carbons (Fsp3) is 0.542. The van der Waals surface area contributed by atoms with E-state index in [1.165, 1.54) is 19.0 Å². The number of halogens is 1. The van der Waals surface area contributed by atoms with Crippen molar-refractivity contribution >= 4 is 11.8 Å². The van der Waals surface area contributed by atoms with E-state index in [-0.39, 0.29) is 17.3 Å². The maximum Gasteiger partial charge on any atom is 0.409 e. The fourth-order valence-electron chi connectivity index (χ4n) is 5.58. The Bertz CT molecular complexity index is 958. The first-order valence-electron chi connectivity index (χ1n) is 11.5. The Balaban J connectivity index is 1.20. The lowest BCUT2D eigenvalue weighted by molar-refractivity contribution is -0.00294. The Labute approximate surface area is 188 Å². The minimum Gasteiger partial charge on any atom is -0.450 e. The van der Waals surface area contributed by atoms with Crippen molar-refractivity contribution in [3.63, 3.8) is 0 Å².